The fraction of sp³-hybridized carbons (Fsp3) is 0.680. The molecule has 3 aliphatic rings. The van der Waals surface area contributed by atoms with Crippen molar-refractivity contribution in [3.63, 3.8) is 0 Å². The molecular formula is C25H37N3O5. The number of ether oxygens (including phenoxy) is 3. The van der Waals surface area contributed by atoms with E-state index in [2.05, 4.69) is 22.3 Å². The summed E-state index contributed by atoms with van der Waals surface area (Å²) < 4.78 is 16.7. The van der Waals surface area contributed by atoms with Gasteiger partial charge in [-0.25, -0.2) is 0 Å². The van der Waals surface area contributed by atoms with Crippen LogP contribution < -0.4 is 14.8 Å². The molecule has 4 rings (SSSR count). The molecule has 1 aromatic carbocycles. The van der Waals surface area contributed by atoms with Gasteiger partial charge in [-0.1, -0.05) is 6.07 Å². The molecule has 3 atom stereocenters. The molecule has 4 bridgehead atoms. The molecule has 2 saturated heterocycles. The standard InChI is InChI=1S/C25H37N3O5/c1-31-13-9-25(30)27-10-3-4-12-33-23-15-18(7-8-22(23)32-2)21-14-19(16-26-24(29)17-27)20-6-5-11-28(20)21/h7-8,15,19-21H,3-6,9-14,16-17H2,1-2H3,(H,26,29)/t19-,20+,21-/m1/s1. The molecule has 33 heavy (non-hydrogen) atoms. The van der Waals surface area contributed by atoms with Crippen LogP contribution in [0, 0.1) is 5.92 Å². The zero-order valence-corrected chi connectivity index (χ0v) is 19.9. The van der Waals surface area contributed by atoms with Crippen LogP contribution in [0.5, 0.6) is 11.5 Å². The molecule has 3 aliphatic heterocycles. The summed E-state index contributed by atoms with van der Waals surface area (Å²) in [6.45, 7) is 3.25. The molecular weight excluding hydrogens is 422 g/mol. The number of hydrogen-bond donors (Lipinski definition) is 1. The van der Waals surface area contributed by atoms with Gasteiger partial charge < -0.3 is 24.4 Å². The maximum absolute atomic E-state index is 12.8. The highest BCUT2D eigenvalue weighted by Gasteiger charge is 2.44. The van der Waals surface area contributed by atoms with Crippen molar-refractivity contribution in [2.45, 2.75) is 50.6 Å². The number of hydrogen-bond acceptors (Lipinski definition) is 6. The van der Waals surface area contributed by atoms with Crippen LogP contribution in [0.3, 0.4) is 0 Å². The lowest BCUT2D eigenvalue weighted by Gasteiger charge is -2.25. The van der Waals surface area contributed by atoms with Crippen LogP contribution in [0.4, 0.5) is 0 Å². The van der Waals surface area contributed by atoms with Crippen LogP contribution in [0.15, 0.2) is 18.2 Å². The Morgan fingerprint density at radius 3 is 2.91 bits per heavy atom. The molecule has 2 fully saturated rings. The van der Waals surface area contributed by atoms with Crippen molar-refractivity contribution in [1.82, 2.24) is 15.1 Å². The van der Waals surface area contributed by atoms with Crippen molar-refractivity contribution in [2.75, 3.05) is 53.6 Å². The van der Waals surface area contributed by atoms with Gasteiger partial charge in [0.05, 0.1) is 33.3 Å². The zero-order chi connectivity index (χ0) is 23.2. The van der Waals surface area contributed by atoms with Gasteiger partial charge in [-0.05, 0) is 62.3 Å². The Hall–Kier alpha value is -2.32. The minimum Gasteiger partial charge on any atom is -0.493 e. The number of nitrogens with one attached hydrogen (secondary N) is 1. The third-order valence-electron chi connectivity index (χ3n) is 7.23. The molecule has 0 aromatic heterocycles. The van der Waals surface area contributed by atoms with E-state index in [1.165, 1.54) is 12.0 Å². The fourth-order valence-electron chi connectivity index (χ4n) is 5.55. The van der Waals surface area contributed by atoms with Gasteiger partial charge in [0.25, 0.3) is 0 Å². The van der Waals surface area contributed by atoms with Crippen LogP contribution >= 0.6 is 0 Å². The van der Waals surface area contributed by atoms with Gasteiger partial charge in [0.1, 0.15) is 0 Å². The maximum Gasteiger partial charge on any atom is 0.239 e. The summed E-state index contributed by atoms with van der Waals surface area (Å²) in [4.78, 5) is 29.6. The van der Waals surface area contributed by atoms with Crippen molar-refractivity contribution in [3.8, 4) is 11.5 Å². The van der Waals surface area contributed by atoms with Crippen LogP contribution in [-0.2, 0) is 14.3 Å². The monoisotopic (exact) mass is 459 g/mol. The lowest BCUT2D eigenvalue weighted by molar-refractivity contribution is -0.137. The largest absolute Gasteiger partial charge is 0.493 e. The Morgan fingerprint density at radius 1 is 1.21 bits per heavy atom. The van der Waals surface area contributed by atoms with Crippen molar-refractivity contribution in [1.29, 1.82) is 0 Å². The Morgan fingerprint density at radius 2 is 2.09 bits per heavy atom. The summed E-state index contributed by atoms with van der Waals surface area (Å²) in [6, 6.07) is 7.10. The smallest absolute Gasteiger partial charge is 0.239 e. The first-order chi connectivity index (χ1) is 16.1. The van der Waals surface area contributed by atoms with E-state index in [9.17, 15) is 9.59 Å². The Kier molecular flexibility index (Phi) is 8.09. The van der Waals surface area contributed by atoms with Gasteiger partial charge in [-0.3, -0.25) is 14.5 Å². The molecule has 8 nitrogen and oxygen atoms in total. The van der Waals surface area contributed by atoms with Gasteiger partial charge in [-0.2, -0.15) is 0 Å². The molecule has 0 spiro atoms. The molecule has 3 heterocycles. The molecule has 2 amide bonds. The number of nitrogens with zero attached hydrogens (tertiary/aromatic N) is 2. The van der Waals surface area contributed by atoms with Crippen LogP contribution in [-0.4, -0.2) is 81.3 Å². The van der Waals surface area contributed by atoms with E-state index in [0.29, 0.717) is 44.3 Å². The molecule has 0 unspecified atom stereocenters. The Labute approximate surface area is 196 Å². The topological polar surface area (TPSA) is 80.3 Å². The average Bonchev–Trinajstić information content (AvgIpc) is 3.43. The second kappa shape index (κ2) is 11.2. The van der Waals surface area contributed by atoms with E-state index >= 15 is 0 Å². The number of benzene rings is 1. The van der Waals surface area contributed by atoms with E-state index in [0.717, 1.165) is 43.7 Å². The lowest BCUT2D eigenvalue weighted by Crippen LogP contribution is -2.43. The summed E-state index contributed by atoms with van der Waals surface area (Å²) in [5, 5.41) is 3.14. The number of carbonyl (C=O) groups is 2. The van der Waals surface area contributed by atoms with E-state index in [-0.39, 0.29) is 24.8 Å². The predicted octanol–water partition coefficient (Wildman–Crippen LogP) is 2.37. The summed E-state index contributed by atoms with van der Waals surface area (Å²) in [6.07, 6.45) is 5.18. The van der Waals surface area contributed by atoms with Gasteiger partial charge in [-0.15, -0.1) is 0 Å². The SMILES string of the molecule is COCCC(=O)N1CCCCOc2cc(ccc2OC)[C@H]2C[C@H](CNC(=O)C1)[C@@H]1CCCN21. The van der Waals surface area contributed by atoms with Gasteiger partial charge in [0.15, 0.2) is 11.5 Å². The minimum absolute atomic E-state index is 0.0497. The highest BCUT2D eigenvalue weighted by Crippen LogP contribution is 2.46. The summed E-state index contributed by atoms with van der Waals surface area (Å²) in [7, 11) is 3.25. The molecule has 0 radical (unpaired) electrons. The van der Waals surface area contributed by atoms with Gasteiger partial charge in [0.2, 0.25) is 11.8 Å². The Balaban J connectivity index is 1.54. The van der Waals surface area contributed by atoms with Crippen molar-refractivity contribution in [3.05, 3.63) is 23.8 Å². The average molecular weight is 460 g/mol. The Bertz CT molecular complexity index is 832. The molecule has 0 saturated carbocycles. The van der Waals surface area contributed by atoms with E-state index in [1.54, 1.807) is 19.1 Å². The van der Waals surface area contributed by atoms with Crippen LogP contribution in [0.1, 0.15) is 50.1 Å². The highest BCUT2D eigenvalue weighted by molar-refractivity contribution is 5.84. The highest BCUT2D eigenvalue weighted by atomic mass is 16.5. The number of rotatable bonds is 4. The predicted molar refractivity (Wildman–Crippen MR) is 124 cm³/mol. The fourth-order valence-corrected chi connectivity index (χ4v) is 5.55. The second-order valence-electron chi connectivity index (χ2n) is 9.29. The van der Waals surface area contributed by atoms with Gasteiger partial charge in [0, 0.05) is 32.3 Å². The van der Waals surface area contributed by atoms with E-state index in [4.69, 9.17) is 14.2 Å². The summed E-state index contributed by atoms with van der Waals surface area (Å²) in [5.74, 6) is 1.80. The van der Waals surface area contributed by atoms with Crippen LogP contribution in [0.2, 0.25) is 0 Å². The van der Waals surface area contributed by atoms with E-state index < -0.39 is 0 Å². The molecule has 182 valence electrons. The first kappa shape index (κ1) is 23.8. The number of methoxy groups -OCH3 is 2. The first-order valence-electron chi connectivity index (χ1n) is 12.2. The lowest BCUT2D eigenvalue weighted by atomic mass is 9.94. The van der Waals surface area contributed by atoms with E-state index in [1.807, 2.05) is 6.07 Å². The molecule has 1 aromatic rings. The normalized spacial score (nSPS) is 26.4. The van der Waals surface area contributed by atoms with Crippen molar-refractivity contribution in [2.24, 2.45) is 5.92 Å². The van der Waals surface area contributed by atoms with Crippen molar-refractivity contribution < 1.29 is 23.8 Å². The van der Waals surface area contributed by atoms with Crippen LogP contribution in [0.25, 0.3) is 0 Å². The first-order valence-corrected chi connectivity index (χ1v) is 12.2. The number of amides is 2. The quantitative estimate of drug-likeness (QED) is 0.745. The summed E-state index contributed by atoms with van der Waals surface area (Å²) >= 11 is 0. The minimum atomic E-state index is -0.0798. The molecule has 0 aliphatic carbocycles. The van der Waals surface area contributed by atoms with Crippen molar-refractivity contribution >= 4 is 11.8 Å². The zero-order valence-electron chi connectivity index (χ0n) is 19.9. The molecule has 8 heteroatoms. The number of fused-ring (bicyclic) bond motifs is 8. The third kappa shape index (κ3) is 5.61. The maximum atomic E-state index is 12.8. The number of carbonyl (C=O) groups excluding carboxylic acids is 2. The second-order valence-corrected chi connectivity index (χ2v) is 9.29. The third-order valence-corrected chi connectivity index (χ3v) is 7.23. The molecule has 1 N–H and O–H groups in total. The summed E-state index contributed by atoms with van der Waals surface area (Å²) in [5.41, 5.74) is 1.26. The van der Waals surface area contributed by atoms with Gasteiger partial charge >= 0.3 is 0 Å².